The smallest absolute Gasteiger partial charge is 0.216 e. The van der Waals surface area contributed by atoms with Crippen LogP contribution in [0.15, 0.2) is 36.4 Å². The molecule has 27 heavy (non-hydrogen) atoms. The third-order valence-electron chi connectivity index (χ3n) is 3.78. The average molecular weight is 432 g/mol. The summed E-state index contributed by atoms with van der Waals surface area (Å²) in [6.45, 7) is 6.54. The van der Waals surface area contributed by atoms with E-state index >= 15 is 0 Å². The molecule has 2 rings (SSSR count). The van der Waals surface area contributed by atoms with Crippen LogP contribution in [0.25, 0.3) is 0 Å². The Morgan fingerprint density at radius 3 is 2.30 bits per heavy atom. The Labute approximate surface area is 170 Å². The fraction of sp³-hybridized carbons (Fsp3) is 0.368. The van der Waals surface area contributed by atoms with Crippen molar-refractivity contribution < 1.29 is 17.9 Å². The van der Waals surface area contributed by atoms with Gasteiger partial charge in [-0.2, -0.15) is 0 Å². The Kier molecular flexibility index (Phi) is 7.79. The number of nitrogens with one attached hydrogen (secondary N) is 1. The molecule has 0 aromatic heterocycles. The predicted molar refractivity (Wildman–Crippen MR) is 109 cm³/mol. The van der Waals surface area contributed by atoms with Gasteiger partial charge in [0, 0.05) is 16.1 Å². The zero-order chi connectivity index (χ0) is 20.0. The van der Waals surface area contributed by atoms with Gasteiger partial charge in [0.05, 0.1) is 19.0 Å². The summed E-state index contributed by atoms with van der Waals surface area (Å²) in [5, 5.41) is 0.778. The minimum absolute atomic E-state index is 0.233. The van der Waals surface area contributed by atoms with Gasteiger partial charge in [0.2, 0.25) is 10.0 Å². The first-order chi connectivity index (χ1) is 12.8. The van der Waals surface area contributed by atoms with Crippen LogP contribution in [-0.2, 0) is 15.8 Å². The molecule has 0 bridgehead atoms. The summed E-state index contributed by atoms with van der Waals surface area (Å²) in [7, 11) is -3.61. The maximum absolute atomic E-state index is 12.5. The lowest BCUT2D eigenvalue weighted by Gasteiger charge is -2.18. The highest BCUT2D eigenvalue weighted by Crippen LogP contribution is 2.31. The number of ether oxygens (including phenoxy) is 2. The quantitative estimate of drug-likeness (QED) is 0.608. The summed E-state index contributed by atoms with van der Waals surface area (Å²) in [6.07, 6.45) is 0. The third-order valence-corrected chi connectivity index (χ3v) is 5.78. The van der Waals surface area contributed by atoms with E-state index < -0.39 is 16.1 Å². The second-order valence-electron chi connectivity index (χ2n) is 5.91. The van der Waals surface area contributed by atoms with Crippen molar-refractivity contribution in [2.75, 3.05) is 13.2 Å². The monoisotopic (exact) mass is 431 g/mol. The van der Waals surface area contributed by atoms with Gasteiger partial charge in [-0.25, -0.2) is 13.1 Å². The molecule has 0 radical (unpaired) electrons. The highest BCUT2D eigenvalue weighted by Gasteiger charge is 2.19. The van der Waals surface area contributed by atoms with E-state index in [2.05, 4.69) is 4.72 Å². The van der Waals surface area contributed by atoms with Gasteiger partial charge >= 0.3 is 0 Å². The number of benzene rings is 2. The van der Waals surface area contributed by atoms with Crippen LogP contribution in [0.5, 0.6) is 11.5 Å². The van der Waals surface area contributed by atoms with E-state index in [1.807, 2.05) is 19.9 Å². The van der Waals surface area contributed by atoms with Crippen molar-refractivity contribution in [3.8, 4) is 11.5 Å². The lowest BCUT2D eigenvalue weighted by Crippen LogP contribution is -2.28. The van der Waals surface area contributed by atoms with E-state index in [9.17, 15) is 8.42 Å². The zero-order valence-electron chi connectivity index (χ0n) is 15.5. The molecule has 0 amide bonds. The molecule has 0 saturated heterocycles. The molecule has 0 spiro atoms. The molecule has 5 nitrogen and oxygen atoms in total. The molecule has 0 unspecified atom stereocenters. The third kappa shape index (κ3) is 6.28. The molecular weight excluding hydrogens is 409 g/mol. The maximum Gasteiger partial charge on any atom is 0.216 e. The van der Waals surface area contributed by atoms with Gasteiger partial charge < -0.3 is 9.47 Å². The average Bonchev–Trinajstić information content (AvgIpc) is 2.59. The van der Waals surface area contributed by atoms with E-state index in [0.717, 1.165) is 5.56 Å². The van der Waals surface area contributed by atoms with E-state index in [1.54, 1.807) is 31.2 Å². The number of rotatable bonds is 9. The first-order valence-electron chi connectivity index (χ1n) is 8.59. The lowest BCUT2D eigenvalue weighted by atomic mass is 10.1. The van der Waals surface area contributed by atoms with Gasteiger partial charge in [-0.1, -0.05) is 35.3 Å². The Morgan fingerprint density at radius 2 is 1.67 bits per heavy atom. The van der Waals surface area contributed by atoms with Gasteiger partial charge in [-0.3, -0.25) is 0 Å². The van der Waals surface area contributed by atoms with Crippen molar-refractivity contribution in [2.45, 2.75) is 32.6 Å². The minimum Gasteiger partial charge on any atom is -0.490 e. The molecule has 2 aromatic carbocycles. The normalized spacial score (nSPS) is 12.6. The molecule has 0 saturated carbocycles. The van der Waals surface area contributed by atoms with E-state index in [-0.39, 0.29) is 5.75 Å². The van der Waals surface area contributed by atoms with Gasteiger partial charge in [-0.05, 0) is 56.2 Å². The fourth-order valence-corrected chi connectivity index (χ4v) is 4.53. The van der Waals surface area contributed by atoms with Crippen molar-refractivity contribution in [1.82, 2.24) is 4.72 Å². The van der Waals surface area contributed by atoms with Crippen LogP contribution in [0.1, 0.15) is 37.9 Å². The standard InChI is InChI=1S/C19H23Cl2NO4S/c1-4-25-18-9-7-14(10-19(18)26-5-2)13(3)22-27(23,24)12-15-6-8-16(20)11-17(15)21/h6-11,13,22H,4-5,12H2,1-3H3/t13-/m1/s1. The Morgan fingerprint density at radius 1 is 1.00 bits per heavy atom. The van der Waals surface area contributed by atoms with Crippen molar-refractivity contribution in [1.29, 1.82) is 0 Å². The molecule has 0 aliphatic carbocycles. The van der Waals surface area contributed by atoms with Crippen molar-refractivity contribution in [2.24, 2.45) is 0 Å². The van der Waals surface area contributed by atoms with Crippen LogP contribution in [0.3, 0.4) is 0 Å². The lowest BCUT2D eigenvalue weighted by molar-refractivity contribution is 0.287. The van der Waals surface area contributed by atoms with Crippen LogP contribution in [0.2, 0.25) is 10.0 Å². The number of sulfonamides is 1. The van der Waals surface area contributed by atoms with Crippen LogP contribution in [0, 0.1) is 0 Å². The summed E-state index contributed by atoms with van der Waals surface area (Å²) in [6, 6.07) is 9.69. The number of halogens is 2. The molecule has 0 aliphatic heterocycles. The van der Waals surface area contributed by atoms with Crippen LogP contribution >= 0.6 is 23.2 Å². The molecule has 0 fully saturated rings. The molecule has 2 aromatic rings. The number of hydrogen-bond donors (Lipinski definition) is 1. The molecule has 1 atom stereocenters. The van der Waals surface area contributed by atoms with Gasteiger partial charge in [0.15, 0.2) is 11.5 Å². The summed E-state index contributed by atoms with van der Waals surface area (Å²) in [4.78, 5) is 0. The first kappa shape index (κ1) is 21.8. The largest absolute Gasteiger partial charge is 0.490 e. The molecule has 0 aliphatic rings. The summed E-state index contributed by atoms with van der Waals surface area (Å²) in [5.74, 6) is 0.984. The Bertz CT molecular complexity index is 887. The molecule has 148 valence electrons. The van der Waals surface area contributed by atoms with E-state index in [1.165, 1.54) is 6.07 Å². The van der Waals surface area contributed by atoms with Crippen molar-refractivity contribution in [3.63, 3.8) is 0 Å². The van der Waals surface area contributed by atoms with Crippen LogP contribution in [-0.4, -0.2) is 21.6 Å². The van der Waals surface area contributed by atoms with Gasteiger partial charge in [0.25, 0.3) is 0 Å². The van der Waals surface area contributed by atoms with E-state index in [4.69, 9.17) is 32.7 Å². The Hall–Kier alpha value is -1.47. The minimum atomic E-state index is -3.61. The van der Waals surface area contributed by atoms with Crippen molar-refractivity contribution in [3.05, 3.63) is 57.6 Å². The van der Waals surface area contributed by atoms with Crippen molar-refractivity contribution >= 4 is 33.2 Å². The molecule has 0 heterocycles. The SMILES string of the molecule is CCOc1ccc([C@@H](C)NS(=O)(=O)Cc2ccc(Cl)cc2Cl)cc1OCC. The second kappa shape index (κ2) is 9.64. The fourth-order valence-electron chi connectivity index (χ4n) is 2.56. The first-order valence-corrected chi connectivity index (χ1v) is 11.0. The molecular formula is C19H23Cl2NO4S. The number of hydrogen-bond acceptors (Lipinski definition) is 4. The Balaban J connectivity index is 2.17. The second-order valence-corrected chi connectivity index (χ2v) is 8.50. The van der Waals surface area contributed by atoms with E-state index in [0.29, 0.717) is 40.3 Å². The zero-order valence-corrected chi connectivity index (χ0v) is 17.8. The summed E-state index contributed by atoms with van der Waals surface area (Å²) in [5.41, 5.74) is 1.26. The topological polar surface area (TPSA) is 64.6 Å². The summed E-state index contributed by atoms with van der Waals surface area (Å²) >= 11 is 11.9. The molecule has 8 heteroatoms. The van der Waals surface area contributed by atoms with Gasteiger partial charge in [-0.15, -0.1) is 0 Å². The highest BCUT2D eigenvalue weighted by atomic mass is 35.5. The van der Waals surface area contributed by atoms with Gasteiger partial charge in [0.1, 0.15) is 0 Å². The predicted octanol–water partition coefficient (Wildman–Crippen LogP) is 4.97. The van der Waals surface area contributed by atoms with Crippen LogP contribution in [0.4, 0.5) is 0 Å². The molecule has 1 N–H and O–H groups in total. The van der Waals surface area contributed by atoms with Crippen LogP contribution < -0.4 is 14.2 Å². The summed E-state index contributed by atoms with van der Waals surface area (Å²) < 4.78 is 38.9. The highest BCUT2D eigenvalue weighted by molar-refractivity contribution is 7.88. The maximum atomic E-state index is 12.5.